The highest BCUT2D eigenvalue weighted by Crippen LogP contribution is 2.54. The van der Waals surface area contributed by atoms with E-state index in [-0.39, 0.29) is 0 Å². The average Bonchev–Trinajstić information content (AvgIpc) is 3.27. The molecular formula is C35H41ClF3N3. The van der Waals surface area contributed by atoms with E-state index in [4.69, 9.17) is 11.6 Å². The number of rotatable bonds is 9. The van der Waals surface area contributed by atoms with Crippen LogP contribution in [0.15, 0.2) is 85.6 Å². The van der Waals surface area contributed by atoms with Gasteiger partial charge in [-0.15, -0.1) is 0 Å². The van der Waals surface area contributed by atoms with E-state index in [0.29, 0.717) is 11.7 Å². The maximum atomic E-state index is 12.8. The summed E-state index contributed by atoms with van der Waals surface area (Å²) in [5, 5.41) is 10.2. The average molecular weight is 596 g/mol. The zero-order valence-electron chi connectivity index (χ0n) is 24.5. The fourth-order valence-corrected chi connectivity index (χ4v) is 6.25. The Balaban J connectivity index is 0.000000208. The third-order valence-corrected chi connectivity index (χ3v) is 8.46. The van der Waals surface area contributed by atoms with Crippen molar-refractivity contribution in [3.63, 3.8) is 0 Å². The zero-order chi connectivity index (χ0) is 30.3. The molecule has 0 atom stereocenters. The van der Waals surface area contributed by atoms with Crippen LogP contribution in [-0.4, -0.2) is 31.9 Å². The first kappa shape index (κ1) is 31.7. The van der Waals surface area contributed by atoms with Crippen molar-refractivity contribution < 1.29 is 13.2 Å². The number of allylic oxidation sites excluding steroid dienone is 1. The molecule has 1 fully saturated rings. The Hall–Kier alpha value is -3.22. The van der Waals surface area contributed by atoms with Crippen LogP contribution in [0.3, 0.4) is 0 Å². The van der Waals surface area contributed by atoms with Gasteiger partial charge in [-0.25, -0.2) is 0 Å². The van der Waals surface area contributed by atoms with E-state index in [9.17, 15) is 13.2 Å². The minimum Gasteiger partial charge on any atom is -0.382 e. The summed E-state index contributed by atoms with van der Waals surface area (Å²) in [7, 11) is 0. The first-order chi connectivity index (χ1) is 20.1. The number of piperidine rings is 1. The van der Waals surface area contributed by atoms with E-state index in [1.807, 2.05) is 66.7 Å². The fraction of sp³-hybridized carbons (Fsp3) is 0.371. The van der Waals surface area contributed by atoms with E-state index < -0.39 is 18.1 Å². The van der Waals surface area contributed by atoms with Gasteiger partial charge >= 0.3 is 6.18 Å². The lowest BCUT2D eigenvalue weighted by atomic mass is 9.72. The van der Waals surface area contributed by atoms with Gasteiger partial charge in [0.05, 0.1) is 5.41 Å². The maximum absolute atomic E-state index is 12.8. The number of fused-ring (bicyclic) bond motifs is 3. The van der Waals surface area contributed by atoms with Crippen LogP contribution in [0, 0.1) is 6.92 Å². The highest BCUT2D eigenvalue weighted by molar-refractivity contribution is 6.30. The molecule has 3 nitrogen and oxygen atoms in total. The van der Waals surface area contributed by atoms with Gasteiger partial charge in [-0.2, -0.15) is 13.2 Å². The van der Waals surface area contributed by atoms with Gasteiger partial charge in [0, 0.05) is 28.0 Å². The molecule has 0 radical (unpaired) electrons. The van der Waals surface area contributed by atoms with Crippen LogP contribution in [0.4, 0.5) is 13.2 Å². The Morgan fingerprint density at radius 3 is 2.14 bits per heavy atom. The number of alkyl halides is 3. The van der Waals surface area contributed by atoms with E-state index in [2.05, 4.69) is 43.0 Å². The lowest BCUT2D eigenvalue weighted by molar-refractivity contribution is -0.123. The van der Waals surface area contributed by atoms with Gasteiger partial charge < -0.3 is 16.0 Å². The molecule has 224 valence electrons. The molecule has 42 heavy (non-hydrogen) atoms. The molecule has 0 spiro atoms. The van der Waals surface area contributed by atoms with Crippen molar-refractivity contribution in [3.8, 4) is 11.1 Å². The summed E-state index contributed by atoms with van der Waals surface area (Å²) in [6, 6.07) is 22.4. The summed E-state index contributed by atoms with van der Waals surface area (Å²) in [5.74, 6) is 0. The van der Waals surface area contributed by atoms with Gasteiger partial charge in [0.15, 0.2) is 0 Å². The predicted octanol–water partition coefficient (Wildman–Crippen LogP) is 8.77. The van der Waals surface area contributed by atoms with Crippen LogP contribution in [0.5, 0.6) is 0 Å². The minimum absolute atomic E-state index is 0.427. The monoisotopic (exact) mass is 595 g/mol. The van der Waals surface area contributed by atoms with Crippen molar-refractivity contribution in [1.29, 1.82) is 0 Å². The van der Waals surface area contributed by atoms with Gasteiger partial charge in [0.2, 0.25) is 0 Å². The molecule has 1 aliphatic heterocycles. The van der Waals surface area contributed by atoms with Gasteiger partial charge in [-0.1, -0.05) is 99.1 Å². The normalized spacial score (nSPS) is 15.6. The number of benzene rings is 3. The molecule has 3 aromatic carbocycles. The van der Waals surface area contributed by atoms with Crippen LogP contribution in [0.1, 0.15) is 61.3 Å². The van der Waals surface area contributed by atoms with Crippen molar-refractivity contribution in [2.45, 2.75) is 63.6 Å². The number of hydrogen-bond acceptors (Lipinski definition) is 3. The summed E-state index contributed by atoms with van der Waals surface area (Å²) in [6.45, 7) is 13.5. The number of unbranched alkanes of at least 4 members (excludes halogenated alkanes) is 1. The topological polar surface area (TPSA) is 36.1 Å². The van der Waals surface area contributed by atoms with Crippen molar-refractivity contribution in [2.24, 2.45) is 0 Å². The third kappa shape index (κ3) is 7.22. The molecule has 5 rings (SSSR count). The second-order valence-corrected chi connectivity index (χ2v) is 11.6. The molecule has 3 N–H and O–H groups in total. The largest absolute Gasteiger partial charge is 0.405 e. The van der Waals surface area contributed by atoms with Crippen molar-refractivity contribution >= 4 is 17.3 Å². The Labute approximate surface area is 253 Å². The highest BCUT2D eigenvalue weighted by atomic mass is 35.5. The smallest absolute Gasteiger partial charge is 0.382 e. The second-order valence-electron chi connectivity index (χ2n) is 11.2. The lowest BCUT2D eigenvalue weighted by Gasteiger charge is -2.35. The van der Waals surface area contributed by atoms with E-state index in [0.717, 1.165) is 83.7 Å². The van der Waals surface area contributed by atoms with Crippen molar-refractivity contribution in [1.82, 2.24) is 16.0 Å². The van der Waals surface area contributed by atoms with Crippen molar-refractivity contribution in [2.75, 3.05) is 19.6 Å². The Morgan fingerprint density at radius 2 is 1.57 bits per heavy atom. The molecule has 0 amide bonds. The fourth-order valence-electron chi connectivity index (χ4n) is 6.08. The molecule has 2 aliphatic rings. The van der Waals surface area contributed by atoms with E-state index >= 15 is 0 Å². The quantitative estimate of drug-likeness (QED) is 0.231. The Bertz CT molecular complexity index is 1350. The lowest BCUT2D eigenvalue weighted by Crippen LogP contribution is -2.39. The highest BCUT2D eigenvalue weighted by Gasteiger charge is 2.45. The summed E-state index contributed by atoms with van der Waals surface area (Å²) in [4.78, 5) is 0. The molecule has 0 saturated carbocycles. The van der Waals surface area contributed by atoms with E-state index in [1.54, 1.807) is 0 Å². The molecule has 0 bridgehead atoms. The van der Waals surface area contributed by atoms with Crippen LogP contribution < -0.4 is 16.0 Å². The number of aryl methyl sites for hydroxylation is 1. The number of nitrogens with one attached hydrogen (secondary N) is 3. The molecular weight excluding hydrogens is 555 g/mol. The molecule has 7 heteroatoms. The standard InChI is InChI=1S/C21H22F3N.C14H19ClN2/c1-3-4-13-20(15(2)25-14-21(22,23)24)18-11-7-5-9-16(18)17-10-6-8-12-19(17)20;1-10-3-4-12(15)9-14(10)11(2)17-13-5-7-16-8-6-13/h5-12,25H,2-4,13-14H2,1H3;3-4,9,13,16-17H,2,5-8H2,1H3. The van der Waals surface area contributed by atoms with Crippen LogP contribution in [0.25, 0.3) is 16.8 Å². The summed E-state index contributed by atoms with van der Waals surface area (Å²) in [6.07, 6.45) is 0.652. The number of halogens is 4. The molecule has 1 aliphatic carbocycles. The first-order valence-electron chi connectivity index (χ1n) is 14.7. The predicted molar refractivity (Wildman–Crippen MR) is 170 cm³/mol. The molecule has 0 aromatic heterocycles. The van der Waals surface area contributed by atoms with Gasteiger partial charge in [0.1, 0.15) is 6.54 Å². The zero-order valence-corrected chi connectivity index (χ0v) is 25.3. The molecule has 1 heterocycles. The SMILES string of the molecule is C=C(NC1CCNCC1)c1cc(Cl)ccc1C.C=C(NCC(F)(F)F)C1(CCCC)c2ccccc2-c2ccccc21. The van der Waals surface area contributed by atoms with Gasteiger partial charge in [0.25, 0.3) is 0 Å². The molecule has 0 unspecified atom stereocenters. The van der Waals surface area contributed by atoms with Crippen LogP contribution in [0.2, 0.25) is 5.02 Å². The van der Waals surface area contributed by atoms with Crippen molar-refractivity contribution in [3.05, 3.63) is 113 Å². The van der Waals surface area contributed by atoms with Gasteiger partial charge in [-0.3, -0.25) is 0 Å². The summed E-state index contributed by atoms with van der Waals surface area (Å²) < 4.78 is 38.3. The van der Waals surface area contributed by atoms with Crippen LogP contribution >= 0.6 is 11.6 Å². The van der Waals surface area contributed by atoms with E-state index in [1.165, 1.54) is 5.56 Å². The molecule has 3 aromatic rings. The van der Waals surface area contributed by atoms with Crippen LogP contribution in [-0.2, 0) is 5.41 Å². The molecule has 1 saturated heterocycles. The summed E-state index contributed by atoms with van der Waals surface area (Å²) >= 11 is 6.02. The number of hydrogen-bond donors (Lipinski definition) is 3. The minimum atomic E-state index is -4.27. The third-order valence-electron chi connectivity index (χ3n) is 8.23. The maximum Gasteiger partial charge on any atom is 0.405 e. The van der Waals surface area contributed by atoms with Gasteiger partial charge in [-0.05, 0) is 79.2 Å². The first-order valence-corrected chi connectivity index (χ1v) is 15.1. The Morgan fingerprint density at radius 1 is 0.976 bits per heavy atom. The second kappa shape index (κ2) is 13.8. The summed E-state index contributed by atoms with van der Waals surface area (Å²) in [5.41, 5.74) is 7.39. The Kier molecular flexibility index (Phi) is 10.4.